The third kappa shape index (κ3) is 3.71. The van der Waals surface area contributed by atoms with Gasteiger partial charge in [-0.15, -0.1) is 23.1 Å². The summed E-state index contributed by atoms with van der Waals surface area (Å²) >= 11 is 3.13. The molecule has 0 fully saturated rings. The van der Waals surface area contributed by atoms with Crippen LogP contribution in [-0.2, 0) is 23.4 Å². The molecule has 3 nitrogen and oxygen atoms in total. The van der Waals surface area contributed by atoms with Crippen LogP contribution in [-0.4, -0.2) is 11.2 Å². The zero-order chi connectivity index (χ0) is 19.5. The van der Waals surface area contributed by atoms with E-state index in [1.807, 2.05) is 31.2 Å². The van der Waals surface area contributed by atoms with Gasteiger partial charge in [0.05, 0.1) is 10.8 Å². The van der Waals surface area contributed by atoms with Crippen molar-refractivity contribution in [3.05, 3.63) is 76.9 Å². The summed E-state index contributed by atoms with van der Waals surface area (Å²) in [5.41, 5.74) is 5.41. The molecule has 1 aromatic heterocycles. The molecule has 1 unspecified atom stereocenters. The molecule has 4 rings (SSSR count). The highest BCUT2D eigenvalue weighted by molar-refractivity contribution is 7.99. The average Bonchev–Trinajstić information content (AvgIpc) is 3.10. The number of benzene rings is 2. The van der Waals surface area contributed by atoms with E-state index in [9.17, 15) is 10.1 Å². The molecule has 0 spiro atoms. The van der Waals surface area contributed by atoms with Gasteiger partial charge in [0.25, 0.3) is 0 Å². The fraction of sp³-hybridized carbons (Fsp3) is 0.217. The van der Waals surface area contributed by atoms with Gasteiger partial charge in [0, 0.05) is 10.6 Å². The number of thioether (sulfide) groups is 1. The van der Waals surface area contributed by atoms with Crippen LogP contribution in [0.5, 0.6) is 0 Å². The number of hydrogen-bond donors (Lipinski definition) is 1. The van der Waals surface area contributed by atoms with Gasteiger partial charge in [0.2, 0.25) is 5.91 Å². The van der Waals surface area contributed by atoms with Crippen molar-refractivity contribution in [1.29, 1.82) is 5.26 Å². The van der Waals surface area contributed by atoms with Crippen LogP contribution in [0.4, 0.5) is 5.00 Å². The van der Waals surface area contributed by atoms with Crippen LogP contribution in [0.2, 0.25) is 0 Å². The topological polar surface area (TPSA) is 52.9 Å². The molecule has 2 aromatic carbocycles. The van der Waals surface area contributed by atoms with E-state index in [-0.39, 0.29) is 11.2 Å². The molecular weight excluding hydrogens is 384 g/mol. The van der Waals surface area contributed by atoms with Crippen LogP contribution >= 0.6 is 23.1 Å². The lowest BCUT2D eigenvalue weighted by Crippen LogP contribution is -2.22. The Bertz CT molecular complexity index is 1050. The first-order valence-corrected chi connectivity index (χ1v) is 11.1. The highest BCUT2D eigenvalue weighted by Crippen LogP contribution is 2.44. The number of aryl methyl sites for hydroxylation is 1. The summed E-state index contributed by atoms with van der Waals surface area (Å²) in [5.74, 6) is 0.735. The number of nitriles is 1. The number of hydrogen-bond acceptors (Lipinski definition) is 4. The van der Waals surface area contributed by atoms with Crippen molar-refractivity contribution in [1.82, 2.24) is 0 Å². The molecule has 0 bridgehead atoms. The molecule has 140 valence electrons. The Morgan fingerprint density at radius 3 is 2.71 bits per heavy atom. The zero-order valence-corrected chi connectivity index (χ0v) is 17.2. The minimum absolute atomic E-state index is 0.0516. The highest BCUT2D eigenvalue weighted by atomic mass is 32.2. The first-order valence-electron chi connectivity index (χ1n) is 9.28. The highest BCUT2D eigenvalue weighted by Gasteiger charge is 2.26. The number of amides is 1. The molecule has 28 heavy (non-hydrogen) atoms. The van der Waals surface area contributed by atoms with E-state index < -0.39 is 0 Å². The standard InChI is InChI=1S/C23H20N2OS2/c1-15(27-14-16-7-3-2-4-8-16)22(26)25-23-20(13-24)19-12-11-17-9-5-6-10-18(17)21(19)28-23/h2-10,15H,11-12,14H2,1H3,(H,25,26). The molecule has 5 heteroatoms. The normalized spacial score (nSPS) is 13.1. The number of carbonyl (C=O) groups is 1. The van der Waals surface area contributed by atoms with Gasteiger partial charge >= 0.3 is 0 Å². The quantitative estimate of drug-likeness (QED) is 0.598. The second-order valence-corrected chi connectivity index (χ2v) is 9.16. The second-order valence-electron chi connectivity index (χ2n) is 6.81. The Morgan fingerprint density at radius 1 is 1.18 bits per heavy atom. The lowest BCUT2D eigenvalue weighted by Gasteiger charge is -2.15. The summed E-state index contributed by atoms with van der Waals surface area (Å²) in [6.07, 6.45) is 1.78. The Balaban J connectivity index is 1.52. The SMILES string of the molecule is CC(SCc1ccccc1)C(=O)Nc1sc2c(c1C#N)CCc1ccccc1-2. The number of anilines is 1. The molecule has 0 saturated carbocycles. The summed E-state index contributed by atoms with van der Waals surface area (Å²) < 4.78 is 0. The van der Waals surface area contributed by atoms with E-state index in [1.165, 1.54) is 28.0 Å². The third-order valence-corrected chi connectivity index (χ3v) is 7.37. The van der Waals surface area contributed by atoms with Gasteiger partial charge in [0.15, 0.2) is 0 Å². The van der Waals surface area contributed by atoms with E-state index >= 15 is 0 Å². The number of fused-ring (bicyclic) bond motifs is 3. The summed E-state index contributed by atoms with van der Waals surface area (Å²) in [6, 6.07) is 20.8. The first-order chi connectivity index (χ1) is 13.7. The number of nitrogens with zero attached hydrogens (tertiary/aromatic N) is 1. The van der Waals surface area contributed by atoms with Gasteiger partial charge < -0.3 is 5.32 Å². The summed E-state index contributed by atoms with van der Waals surface area (Å²) in [7, 11) is 0. The van der Waals surface area contributed by atoms with E-state index in [0.29, 0.717) is 10.6 Å². The zero-order valence-electron chi connectivity index (χ0n) is 15.6. The molecule has 0 aliphatic heterocycles. The molecule has 0 radical (unpaired) electrons. The largest absolute Gasteiger partial charge is 0.316 e. The van der Waals surface area contributed by atoms with Gasteiger partial charge in [0.1, 0.15) is 11.1 Å². The lowest BCUT2D eigenvalue weighted by molar-refractivity contribution is -0.115. The van der Waals surface area contributed by atoms with Crippen LogP contribution in [0.15, 0.2) is 54.6 Å². The summed E-state index contributed by atoms with van der Waals surface area (Å²) in [6.45, 7) is 1.91. The Labute approximate surface area is 173 Å². The van der Waals surface area contributed by atoms with Crippen LogP contribution in [0.25, 0.3) is 10.4 Å². The predicted molar refractivity (Wildman–Crippen MR) is 118 cm³/mol. The van der Waals surface area contributed by atoms with Crippen molar-refractivity contribution >= 4 is 34.0 Å². The van der Waals surface area contributed by atoms with Crippen LogP contribution in [0.3, 0.4) is 0 Å². The van der Waals surface area contributed by atoms with E-state index in [1.54, 1.807) is 11.8 Å². The fourth-order valence-electron chi connectivity index (χ4n) is 3.43. The maximum Gasteiger partial charge on any atom is 0.237 e. The molecule has 0 saturated heterocycles. The smallest absolute Gasteiger partial charge is 0.237 e. The van der Waals surface area contributed by atoms with E-state index in [2.05, 4.69) is 41.7 Å². The molecule has 1 atom stereocenters. The van der Waals surface area contributed by atoms with Gasteiger partial charge in [-0.3, -0.25) is 4.79 Å². The lowest BCUT2D eigenvalue weighted by atomic mass is 9.90. The number of rotatable bonds is 5. The monoisotopic (exact) mass is 404 g/mol. The summed E-state index contributed by atoms with van der Waals surface area (Å²) in [4.78, 5) is 13.8. The van der Waals surface area contributed by atoms with Crippen molar-refractivity contribution in [2.24, 2.45) is 0 Å². The minimum Gasteiger partial charge on any atom is -0.316 e. The maximum absolute atomic E-state index is 12.7. The summed E-state index contributed by atoms with van der Waals surface area (Å²) in [5, 5.41) is 13.2. The van der Waals surface area contributed by atoms with Gasteiger partial charge in [-0.05, 0) is 42.0 Å². The number of nitrogens with one attached hydrogen (secondary N) is 1. The van der Waals surface area contributed by atoms with Gasteiger partial charge in [-0.2, -0.15) is 5.26 Å². The molecule has 1 aliphatic carbocycles. The Hall–Kier alpha value is -2.55. The number of thiophene rings is 1. The minimum atomic E-state index is -0.196. The Morgan fingerprint density at radius 2 is 1.93 bits per heavy atom. The van der Waals surface area contributed by atoms with E-state index in [0.717, 1.165) is 29.0 Å². The first kappa shape index (κ1) is 18.8. The van der Waals surface area contributed by atoms with Crippen LogP contribution in [0, 0.1) is 11.3 Å². The van der Waals surface area contributed by atoms with Gasteiger partial charge in [-0.25, -0.2) is 0 Å². The Kier molecular flexibility index (Phi) is 5.52. The average molecular weight is 405 g/mol. The van der Waals surface area contributed by atoms with Gasteiger partial charge in [-0.1, -0.05) is 54.6 Å². The van der Waals surface area contributed by atoms with Crippen molar-refractivity contribution < 1.29 is 4.79 Å². The number of carbonyl (C=O) groups excluding carboxylic acids is 1. The van der Waals surface area contributed by atoms with Crippen molar-refractivity contribution in [3.63, 3.8) is 0 Å². The van der Waals surface area contributed by atoms with Crippen LogP contribution < -0.4 is 5.32 Å². The van der Waals surface area contributed by atoms with E-state index in [4.69, 9.17) is 0 Å². The van der Waals surface area contributed by atoms with Crippen LogP contribution in [0.1, 0.15) is 29.2 Å². The van der Waals surface area contributed by atoms with Crippen molar-refractivity contribution in [2.75, 3.05) is 5.32 Å². The molecule has 1 heterocycles. The molecule has 3 aromatic rings. The second kappa shape index (κ2) is 8.22. The fourth-order valence-corrected chi connectivity index (χ4v) is 5.54. The maximum atomic E-state index is 12.7. The predicted octanol–water partition coefficient (Wildman–Crippen LogP) is 5.65. The molecular formula is C23H20N2OS2. The van der Waals surface area contributed by atoms with Crippen molar-refractivity contribution in [2.45, 2.75) is 30.8 Å². The van der Waals surface area contributed by atoms with Crippen molar-refractivity contribution in [3.8, 4) is 16.5 Å². The molecule has 1 N–H and O–H groups in total. The molecule has 1 amide bonds. The molecule has 1 aliphatic rings. The third-order valence-electron chi connectivity index (χ3n) is 4.97.